The molecule has 0 bridgehead atoms. The molecule has 1 aliphatic heterocycles. The molecule has 1 N–H and O–H groups in total. The second-order valence-corrected chi connectivity index (χ2v) is 6.54. The minimum atomic E-state index is -0.499. The van der Waals surface area contributed by atoms with Gasteiger partial charge in [0.1, 0.15) is 5.65 Å². The number of unbranched alkanes of at least 4 members (excludes halogenated alkanes) is 1. The maximum absolute atomic E-state index is 13.2. The van der Waals surface area contributed by atoms with Crippen LogP contribution >= 0.6 is 0 Å². The van der Waals surface area contributed by atoms with E-state index in [-0.39, 0.29) is 11.0 Å². The van der Waals surface area contributed by atoms with Crippen LogP contribution in [-0.4, -0.2) is 14.1 Å². The Balaban J connectivity index is 2.13. The van der Waals surface area contributed by atoms with Crippen LogP contribution < -0.4 is 16.7 Å². The molecule has 0 amide bonds. The standard InChI is InChI=1S/C21H19N3O3/c1-2-3-11-23-18-13-16(25)10-9-14(18)12-17-19(23)22-21(27)24(20(17)26)15-7-5-4-6-8-15/h4-10,12-13H,2-3,11H2,1H3,(H,22,27). The van der Waals surface area contributed by atoms with Gasteiger partial charge in [-0.15, -0.1) is 0 Å². The maximum atomic E-state index is 13.2. The Morgan fingerprint density at radius 2 is 1.74 bits per heavy atom. The lowest BCUT2D eigenvalue weighted by atomic mass is 10.1. The van der Waals surface area contributed by atoms with Crippen LogP contribution in [0.25, 0.3) is 28.0 Å². The predicted octanol–water partition coefficient (Wildman–Crippen LogP) is 2.75. The molecule has 0 atom stereocenters. The van der Waals surface area contributed by atoms with Gasteiger partial charge in [-0.1, -0.05) is 31.5 Å². The molecule has 0 radical (unpaired) electrons. The van der Waals surface area contributed by atoms with Crippen LogP contribution in [-0.2, 0) is 6.54 Å². The molecule has 0 saturated heterocycles. The molecule has 2 aliphatic rings. The van der Waals surface area contributed by atoms with Crippen LogP contribution in [0.15, 0.2) is 69.0 Å². The highest BCUT2D eigenvalue weighted by molar-refractivity contribution is 5.83. The average Bonchev–Trinajstić information content (AvgIpc) is 2.67. The number of hydrogen-bond acceptors (Lipinski definition) is 3. The van der Waals surface area contributed by atoms with Gasteiger partial charge in [0, 0.05) is 12.6 Å². The Bertz CT molecular complexity index is 1270. The molecule has 2 aromatic rings. The van der Waals surface area contributed by atoms with Crippen molar-refractivity contribution in [3.05, 3.63) is 85.7 Å². The fraction of sp³-hybridized carbons (Fsp3) is 0.190. The van der Waals surface area contributed by atoms with E-state index in [2.05, 4.69) is 11.9 Å². The third kappa shape index (κ3) is 2.89. The van der Waals surface area contributed by atoms with Crippen LogP contribution in [0.4, 0.5) is 0 Å². The number of benzene rings is 2. The molecule has 0 saturated carbocycles. The molecule has 2 heterocycles. The normalized spacial score (nSPS) is 11.3. The van der Waals surface area contributed by atoms with Crippen molar-refractivity contribution in [3.8, 4) is 16.9 Å². The highest BCUT2D eigenvalue weighted by Gasteiger charge is 2.17. The number of aromatic nitrogens is 3. The average molecular weight is 361 g/mol. The Hall–Kier alpha value is -3.41. The maximum Gasteiger partial charge on any atom is 0.334 e. The fourth-order valence-electron chi connectivity index (χ4n) is 3.40. The van der Waals surface area contributed by atoms with Crippen LogP contribution in [0.5, 0.6) is 0 Å². The first-order chi connectivity index (χ1) is 13.1. The van der Waals surface area contributed by atoms with Crippen LogP contribution in [0.3, 0.4) is 0 Å². The van der Waals surface area contributed by atoms with E-state index in [0.29, 0.717) is 23.3 Å². The van der Waals surface area contributed by atoms with E-state index in [1.807, 2.05) is 10.6 Å². The lowest BCUT2D eigenvalue weighted by Crippen LogP contribution is -2.35. The van der Waals surface area contributed by atoms with E-state index in [0.717, 1.165) is 28.7 Å². The van der Waals surface area contributed by atoms with Crippen molar-refractivity contribution >= 4 is 11.0 Å². The molecular formula is C21H19N3O3. The van der Waals surface area contributed by atoms with Gasteiger partial charge in [0.25, 0.3) is 5.56 Å². The molecule has 6 heteroatoms. The number of nitrogens with one attached hydrogen (secondary N) is 1. The second-order valence-electron chi connectivity index (χ2n) is 6.54. The molecule has 4 rings (SSSR count). The number of hydrogen-bond donors (Lipinski definition) is 1. The zero-order valence-electron chi connectivity index (χ0n) is 14.9. The lowest BCUT2D eigenvalue weighted by Gasteiger charge is -2.19. The predicted molar refractivity (Wildman–Crippen MR) is 106 cm³/mol. The molecule has 0 unspecified atom stereocenters. The summed E-state index contributed by atoms with van der Waals surface area (Å²) in [6, 6.07) is 15.3. The van der Waals surface area contributed by atoms with Gasteiger partial charge in [0.05, 0.1) is 16.8 Å². The van der Waals surface area contributed by atoms with Gasteiger partial charge in [-0.2, -0.15) is 0 Å². The van der Waals surface area contributed by atoms with Gasteiger partial charge in [-0.25, -0.2) is 9.36 Å². The second kappa shape index (κ2) is 6.72. The monoisotopic (exact) mass is 361 g/mol. The molecule has 0 fully saturated rings. The van der Waals surface area contributed by atoms with Gasteiger partial charge in [-0.3, -0.25) is 14.6 Å². The van der Waals surface area contributed by atoms with Gasteiger partial charge < -0.3 is 4.57 Å². The summed E-state index contributed by atoms with van der Waals surface area (Å²) in [7, 11) is 0. The Labute approximate surface area is 154 Å². The first-order valence-electron chi connectivity index (χ1n) is 8.98. The Kier molecular flexibility index (Phi) is 4.24. The molecule has 6 nitrogen and oxygen atoms in total. The van der Waals surface area contributed by atoms with Crippen molar-refractivity contribution in [1.29, 1.82) is 0 Å². The fourth-order valence-corrected chi connectivity index (χ4v) is 3.40. The summed E-state index contributed by atoms with van der Waals surface area (Å²) in [5, 5.41) is 0.417. The highest BCUT2D eigenvalue weighted by atomic mass is 16.2. The van der Waals surface area contributed by atoms with Crippen molar-refractivity contribution in [2.75, 3.05) is 0 Å². The van der Waals surface area contributed by atoms with E-state index >= 15 is 0 Å². The minimum Gasteiger partial charge on any atom is -0.326 e. The van der Waals surface area contributed by atoms with Gasteiger partial charge >= 0.3 is 5.69 Å². The summed E-state index contributed by atoms with van der Waals surface area (Å²) in [6.45, 7) is 2.68. The number of para-hydroxylation sites is 1. The summed E-state index contributed by atoms with van der Waals surface area (Å²) in [6.07, 6.45) is 1.82. The summed E-state index contributed by atoms with van der Waals surface area (Å²) in [5.41, 5.74) is 1.49. The molecule has 1 aromatic carbocycles. The Morgan fingerprint density at radius 1 is 0.963 bits per heavy atom. The number of pyridine rings is 1. The summed E-state index contributed by atoms with van der Waals surface area (Å²) in [5.74, 6) is 0. The summed E-state index contributed by atoms with van der Waals surface area (Å²) >= 11 is 0. The van der Waals surface area contributed by atoms with E-state index in [4.69, 9.17) is 0 Å². The number of fused-ring (bicyclic) bond motifs is 2. The van der Waals surface area contributed by atoms with E-state index in [1.54, 1.807) is 42.5 Å². The zero-order valence-corrected chi connectivity index (χ0v) is 14.9. The minimum absolute atomic E-state index is 0.105. The van der Waals surface area contributed by atoms with Crippen LogP contribution in [0.1, 0.15) is 19.8 Å². The lowest BCUT2D eigenvalue weighted by molar-refractivity contribution is 0.643. The van der Waals surface area contributed by atoms with Crippen LogP contribution in [0.2, 0.25) is 0 Å². The molecule has 27 heavy (non-hydrogen) atoms. The first-order valence-corrected chi connectivity index (χ1v) is 8.98. The number of nitrogens with zero attached hydrogens (tertiary/aromatic N) is 2. The number of rotatable bonds is 4. The van der Waals surface area contributed by atoms with Crippen molar-refractivity contribution < 1.29 is 0 Å². The van der Waals surface area contributed by atoms with Gasteiger partial charge in [0.2, 0.25) is 0 Å². The largest absolute Gasteiger partial charge is 0.334 e. The van der Waals surface area contributed by atoms with Crippen molar-refractivity contribution in [3.63, 3.8) is 0 Å². The van der Waals surface area contributed by atoms with E-state index in [1.165, 1.54) is 6.07 Å². The quantitative estimate of drug-likeness (QED) is 0.568. The number of aryl methyl sites for hydroxylation is 1. The smallest absolute Gasteiger partial charge is 0.326 e. The molecule has 1 aliphatic carbocycles. The summed E-state index contributed by atoms with van der Waals surface area (Å²) < 4.78 is 3.01. The zero-order chi connectivity index (χ0) is 19.0. The highest BCUT2D eigenvalue weighted by Crippen LogP contribution is 2.25. The van der Waals surface area contributed by atoms with E-state index < -0.39 is 5.69 Å². The molecule has 0 spiro atoms. The van der Waals surface area contributed by atoms with Crippen molar-refractivity contribution in [1.82, 2.24) is 14.1 Å². The Morgan fingerprint density at radius 3 is 2.48 bits per heavy atom. The van der Waals surface area contributed by atoms with Gasteiger partial charge in [-0.05, 0) is 42.3 Å². The molecule has 136 valence electrons. The third-order valence-electron chi connectivity index (χ3n) is 4.73. The topological polar surface area (TPSA) is 76.9 Å². The van der Waals surface area contributed by atoms with Crippen molar-refractivity contribution in [2.24, 2.45) is 0 Å². The molecule has 1 aromatic heterocycles. The van der Waals surface area contributed by atoms with E-state index in [9.17, 15) is 14.4 Å². The SMILES string of the molecule is CCCCn1c2cc(=O)ccc-2cc2c(=O)n(-c3ccccc3)c(=O)[nH]c21. The molecular weight excluding hydrogens is 342 g/mol. The first kappa shape index (κ1) is 17.0. The summed E-state index contributed by atoms with van der Waals surface area (Å²) in [4.78, 5) is 40.6. The number of H-pyrrole nitrogens is 1. The van der Waals surface area contributed by atoms with Crippen molar-refractivity contribution in [2.45, 2.75) is 26.3 Å². The van der Waals surface area contributed by atoms with Gasteiger partial charge in [0.15, 0.2) is 5.43 Å². The van der Waals surface area contributed by atoms with Crippen LogP contribution in [0, 0.1) is 0 Å². The third-order valence-corrected chi connectivity index (χ3v) is 4.73. The number of aromatic amines is 1.